The maximum absolute atomic E-state index is 10.5. The molecule has 58 valence electrons. The number of urea groups is 1. The van der Waals surface area contributed by atoms with Crippen LogP contribution in [0.4, 0.5) is 4.79 Å². The van der Waals surface area contributed by atoms with Gasteiger partial charge < -0.3 is 5.32 Å². The molecule has 0 aliphatic heterocycles. The van der Waals surface area contributed by atoms with Crippen molar-refractivity contribution in [3.05, 3.63) is 12.2 Å². The molecule has 0 atom stereocenters. The minimum atomic E-state index is -0.175. The molecule has 0 aromatic carbocycles. The van der Waals surface area contributed by atoms with E-state index in [0.29, 0.717) is 0 Å². The largest absolute Gasteiger partial charge is 0.341 e. The quantitative estimate of drug-likeness (QED) is 0.480. The van der Waals surface area contributed by atoms with Crippen LogP contribution in [0.3, 0.4) is 0 Å². The van der Waals surface area contributed by atoms with Gasteiger partial charge in [0.1, 0.15) is 0 Å². The van der Waals surface area contributed by atoms with Gasteiger partial charge >= 0.3 is 6.03 Å². The Hall–Kier alpha value is -0.640. The first-order chi connectivity index (χ1) is 4.66. The summed E-state index contributed by atoms with van der Waals surface area (Å²) in [7, 11) is 1.58. The van der Waals surface area contributed by atoms with E-state index in [1.54, 1.807) is 7.05 Å². The van der Waals surface area contributed by atoms with Crippen molar-refractivity contribution in [1.29, 1.82) is 0 Å². The molecular formula is C6H12N2OS. The fourth-order valence-electron chi connectivity index (χ4n) is 0.276. The van der Waals surface area contributed by atoms with Crippen LogP contribution in [-0.4, -0.2) is 18.8 Å². The molecule has 0 aliphatic rings. The fourth-order valence-corrected chi connectivity index (χ4v) is 0.828. The molecule has 10 heavy (non-hydrogen) atoms. The molecule has 0 saturated carbocycles. The van der Waals surface area contributed by atoms with Gasteiger partial charge in [-0.05, 0) is 18.9 Å². The molecule has 0 bridgehead atoms. The zero-order valence-electron chi connectivity index (χ0n) is 6.23. The number of hydrogen-bond acceptors (Lipinski definition) is 2. The molecule has 0 radical (unpaired) electrons. The van der Waals surface area contributed by atoms with Crippen molar-refractivity contribution in [2.75, 3.05) is 12.8 Å². The van der Waals surface area contributed by atoms with Crippen molar-refractivity contribution >= 4 is 18.0 Å². The van der Waals surface area contributed by atoms with E-state index in [4.69, 9.17) is 0 Å². The Morgan fingerprint density at radius 3 is 2.70 bits per heavy atom. The van der Waals surface area contributed by atoms with Crippen molar-refractivity contribution < 1.29 is 4.79 Å². The molecule has 2 amide bonds. The third-order valence-electron chi connectivity index (χ3n) is 0.710. The maximum atomic E-state index is 10.5. The van der Waals surface area contributed by atoms with Gasteiger partial charge in [0.05, 0.1) is 0 Å². The Morgan fingerprint density at radius 1 is 1.70 bits per heavy atom. The van der Waals surface area contributed by atoms with Gasteiger partial charge in [-0.2, -0.15) is 0 Å². The predicted molar refractivity (Wildman–Crippen MR) is 44.9 cm³/mol. The molecule has 0 unspecified atom stereocenters. The second-order valence-electron chi connectivity index (χ2n) is 1.93. The molecule has 3 nitrogen and oxygen atoms in total. The molecule has 4 heteroatoms. The van der Waals surface area contributed by atoms with Crippen LogP contribution < -0.4 is 10.0 Å². The lowest BCUT2D eigenvalue weighted by molar-refractivity contribution is 0.248. The summed E-state index contributed by atoms with van der Waals surface area (Å²) in [5, 5.41) is 2.44. The first-order valence-electron chi connectivity index (χ1n) is 2.90. The average molecular weight is 160 g/mol. The average Bonchev–Trinajstić information content (AvgIpc) is 1.87. The first-order valence-corrected chi connectivity index (χ1v) is 3.89. The second kappa shape index (κ2) is 5.17. The van der Waals surface area contributed by atoms with Crippen LogP contribution in [0.25, 0.3) is 0 Å². The minimum absolute atomic E-state index is 0.175. The van der Waals surface area contributed by atoms with Crippen LogP contribution in [0.5, 0.6) is 0 Å². The smallest absolute Gasteiger partial charge is 0.324 e. The summed E-state index contributed by atoms with van der Waals surface area (Å²) in [6.07, 6.45) is 0. The van der Waals surface area contributed by atoms with Gasteiger partial charge in [-0.25, -0.2) is 4.79 Å². The number of carbonyl (C=O) groups is 1. The summed E-state index contributed by atoms with van der Waals surface area (Å²) in [5.41, 5.74) is 1.04. The van der Waals surface area contributed by atoms with Crippen molar-refractivity contribution in [3.63, 3.8) is 0 Å². The van der Waals surface area contributed by atoms with Gasteiger partial charge in [0.15, 0.2) is 0 Å². The SMILES string of the molecule is C=C(C)CSNC(=O)NC. The van der Waals surface area contributed by atoms with E-state index in [2.05, 4.69) is 16.6 Å². The van der Waals surface area contributed by atoms with Gasteiger partial charge in [-0.1, -0.05) is 12.2 Å². The molecule has 0 aromatic heterocycles. The van der Waals surface area contributed by atoms with Gasteiger partial charge in [-0.15, -0.1) is 0 Å². The van der Waals surface area contributed by atoms with Crippen molar-refractivity contribution in [2.45, 2.75) is 6.92 Å². The topological polar surface area (TPSA) is 41.1 Å². The summed E-state index contributed by atoms with van der Waals surface area (Å²) in [6, 6.07) is -0.175. The molecule has 0 aromatic rings. The molecule has 2 N–H and O–H groups in total. The van der Waals surface area contributed by atoms with Gasteiger partial charge in [0, 0.05) is 12.8 Å². The van der Waals surface area contributed by atoms with E-state index in [9.17, 15) is 4.79 Å². The van der Waals surface area contributed by atoms with E-state index in [1.165, 1.54) is 11.9 Å². The van der Waals surface area contributed by atoms with Crippen molar-refractivity contribution in [1.82, 2.24) is 10.0 Å². The van der Waals surface area contributed by atoms with Gasteiger partial charge in [0.2, 0.25) is 0 Å². The highest BCUT2D eigenvalue weighted by Crippen LogP contribution is 1.99. The fraction of sp³-hybridized carbons (Fsp3) is 0.500. The highest BCUT2D eigenvalue weighted by atomic mass is 32.2. The summed E-state index contributed by atoms with van der Waals surface area (Å²) >= 11 is 1.33. The summed E-state index contributed by atoms with van der Waals surface area (Å²) in [5.74, 6) is 0.757. The predicted octanol–water partition coefficient (Wildman–Crippen LogP) is 1.14. The van der Waals surface area contributed by atoms with Crippen LogP contribution in [0.2, 0.25) is 0 Å². The monoisotopic (exact) mass is 160 g/mol. The van der Waals surface area contributed by atoms with Crippen molar-refractivity contribution in [3.8, 4) is 0 Å². The number of hydrogen-bond donors (Lipinski definition) is 2. The van der Waals surface area contributed by atoms with E-state index in [-0.39, 0.29) is 6.03 Å². The molecule has 0 heterocycles. The summed E-state index contributed by atoms with van der Waals surface area (Å²) in [6.45, 7) is 5.60. The third kappa shape index (κ3) is 5.50. The summed E-state index contributed by atoms with van der Waals surface area (Å²) < 4.78 is 2.57. The third-order valence-corrected chi connectivity index (χ3v) is 1.68. The Labute approximate surface area is 65.4 Å². The highest BCUT2D eigenvalue weighted by Gasteiger charge is 1.93. The van der Waals surface area contributed by atoms with E-state index in [0.717, 1.165) is 11.3 Å². The van der Waals surface area contributed by atoms with E-state index in [1.807, 2.05) is 6.92 Å². The van der Waals surface area contributed by atoms with Crippen LogP contribution in [0.1, 0.15) is 6.92 Å². The lowest BCUT2D eigenvalue weighted by atomic mass is 10.4. The van der Waals surface area contributed by atoms with Crippen LogP contribution >= 0.6 is 11.9 Å². The number of carbonyl (C=O) groups excluding carboxylic acids is 1. The Morgan fingerprint density at radius 2 is 2.30 bits per heavy atom. The molecule has 0 aliphatic carbocycles. The second-order valence-corrected chi connectivity index (χ2v) is 2.71. The molecule has 0 fully saturated rings. The lowest BCUT2D eigenvalue weighted by Gasteiger charge is -2.01. The zero-order chi connectivity index (χ0) is 7.98. The lowest BCUT2D eigenvalue weighted by Crippen LogP contribution is -2.27. The van der Waals surface area contributed by atoms with Crippen LogP contribution in [0.15, 0.2) is 12.2 Å². The zero-order valence-corrected chi connectivity index (χ0v) is 7.05. The van der Waals surface area contributed by atoms with E-state index >= 15 is 0 Å². The van der Waals surface area contributed by atoms with Gasteiger partial charge in [0.25, 0.3) is 0 Å². The van der Waals surface area contributed by atoms with Crippen LogP contribution in [-0.2, 0) is 0 Å². The van der Waals surface area contributed by atoms with Gasteiger partial charge in [-0.3, -0.25) is 4.72 Å². The molecule has 0 saturated heterocycles. The summed E-state index contributed by atoms with van der Waals surface area (Å²) in [4.78, 5) is 10.5. The normalized spacial score (nSPS) is 8.60. The Bertz CT molecular complexity index is 136. The van der Waals surface area contributed by atoms with Crippen LogP contribution in [0, 0.1) is 0 Å². The minimum Gasteiger partial charge on any atom is -0.341 e. The Balaban J connectivity index is 3.20. The number of nitrogens with one attached hydrogen (secondary N) is 2. The number of amides is 2. The molecule has 0 rings (SSSR count). The van der Waals surface area contributed by atoms with Crippen molar-refractivity contribution in [2.24, 2.45) is 0 Å². The number of rotatable bonds is 3. The molecular weight excluding hydrogens is 148 g/mol. The maximum Gasteiger partial charge on any atom is 0.324 e. The molecule has 0 spiro atoms. The highest BCUT2D eigenvalue weighted by molar-refractivity contribution is 7.98. The standard InChI is InChI=1S/C6H12N2OS/c1-5(2)4-10-8-6(9)7-3/h1,4H2,2-3H3,(H2,7,8,9). The Kier molecular flexibility index (Phi) is 4.84. The first kappa shape index (κ1) is 9.36. The van der Waals surface area contributed by atoms with E-state index < -0.39 is 0 Å².